The summed E-state index contributed by atoms with van der Waals surface area (Å²) in [5, 5.41) is 6.69. The number of hydrogen-bond donors (Lipinski definition) is 2. The van der Waals surface area contributed by atoms with Crippen molar-refractivity contribution in [2.24, 2.45) is 4.99 Å². The molecule has 0 saturated heterocycles. The van der Waals surface area contributed by atoms with Crippen LogP contribution >= 0.6 is 0 Å². The van der Waals surface area contributed by atoms with E-state index in [-0.39, 0.29) is 0 Å². The summed E-state index contributed by atoms with van der Waals surface area (Å²) in [6.45, 7) is 10.7. The average molecular weight is 399 g/mol. The molecule has 0 saturated carbocycles. The molecule has 158 valence electrons. The molecule has 0 aliphatic heterocycles. The van der Waals surface area contributed by atoms with Gasteiger partial charge in [0.2, 0.25) is 0 Å². The van der Waals surface area contributed by atoms with Gasteiger partial charge in [-0.05, 0) is 43.3 Å². The van der Waals surface area contributed by atoms with Crippen LogP contribution in [0.2, 0.25) is 0 Å². The molecule has 2 rings (SSSR count). The Labute approximate surface area is 174 Å². The third-order valence-corrected chi connectivity index (χ3v) is 4.70. The van der Waals surface area contributed by atoms with Crippen molar-refractivity contribution in [2.75, 3.05) is 39.2 Å². The average Bonchev–Trinajstić information content (AvgIpc) is 2.75. The van der Waals surface area contributed by atoms with Crippen LogP contribution in [0.3, 0.4) is 0 Å². The molecular formula is C23H34N4O2. The Morgan fingerprint density at radius 1 is 1.00 bits per heavy atom. The number of nitrogens with one attached hydrogen (secondary N) is 2. The maximum Gasteiger partial charge on any atom is 0.195 e. The van der Waals surface area contributed by atoms with Gasteiger partial charge < -0.3 is 20.1 Å². The second-order valence-corrected chi connectivity index (χ2v) is 6.63. The van der Waals surface area contributed by atoms with E-state index in [9.17, 15) is 0 Å². The highest BCUT2D eigenvalue weighted by Crippen LogP contribution is 2.30. The summed E-state index contributed by atoms with van der Waals surface area (Å²) in [5.41, 5.74) is 3.44. The van der Waals surface area contributed by atoms with Gasteiger partial charge in [0.1, 0.15) is 0 Å². The molecule has 6 nitrogen and oxygen atoms in total. The predicted molar refractivity (Wildman–Crippen MR) is 121 cm³/mol. The van der Waals surface area contributed by atoms with Crippen LogP contribution in [0.4, 0.5) is 5.69 Å². The lowest BCUT2D eigenvalue weighted by Gasteiger charge is -2.18. The van der Waals surface area contributed by atoms with Gasteiger partial charge in [-0.1, -0.05) is 38.1 Å². The third kappa shape index (κ3) is 6.98. The zero-order valence-electron chi connectivity index (χ0n) is 18.3. The molecule has 2 aromatic carbocycles. The van der Waals surface area contributed by atoms with Gasteiger partial charge in [0.05, 0.1) is 13.7 Å². The van der Waals surface area contributed by atoms with Crippen LogP contribution in [-0.4, -0.2) is 44.7 Å². The fraction of sp³-hybridized carbons (Fsp3) is 0.435. The first kappa shape index (κ1) is 22.6. The molecule has 6 heteroatoms. The van der Waals surface area contributed by atoms with Crippen molar-refractivity contribution >= 4 is 11.6 Å². The highest BCUT2D eigenvalue weighted by atomic mass is 16.5. The van der Waals surface area contributed by atoms with E-state index in [0.29, 0.717) is 30.6 Å². The number of ether oxygens (including phenoxy) is 2. The normalized spacial score (nSPS) is 11.4. The number of hydrogen-bond acceptors (Lipinski definition) is 4. The van der Waals surface area contributed by atoms with E-state index in [1.807, 2.05) is 25.1 Å². The highest BCUT2D eigenvalue weighted by molar-refractivity contribution is 5.93. The molecule has 0 aromatic heterocycles. The molecule has 29 heavy (non-hydrogen) atoms. The Morgan fingerprint density at radius 3 is 2.41 bits per heavy atom. The number of aliphatic imine (C=N–C) groups is 1. The van der Waals surface area contributed by atoms with Crippen LogP contribution in [-0.2, 0) is 13.1 Å². The molecule has 2 N–H and O–H groups in total. The predicted octanol–water partition coefficient (Wildman–Crippen LogP) is 4.12. The largest absolute Gasteiger partial charge is 0.493 e. The molecule has 0 aliphatic carbocycles. The highest BCUT2D eigenvalue weighted by Gasteiger charge is 2.07. The Hall–Kier alpha value is -2.73. The molecule has 0 spiro atoms. The number of methoxy groups -OCH3 is 1. The first-order valence-corrected chi connectivity index (χ1v) is 10.2. The van der Waals surface area contributed by atoms with Crippen molar-refractivity contribution in [3.63, 3.8) is 0 Å². The summed E-state index contributed by atoms with van der Waals surface area (Å²) >= 11 is 0. The zero-order chi connectivity index (χ0) is 21.1. The van der Waals surface area contributed by atoms with Crippen molar-refractivity contribution in [1.82, 2.24) is 10.2 Å². The fourth-order valence-corrected chi connectivity index (χ4v) is 3.07. The van der Waals surface area contributed by atoms with E-state index in [1.165, 1.54) is 11.1 Å². The fourth-order valence-electron chi connectivity index (χ4n) is 3.07. The SMILES string of the molecule is CCOc1cc(NC(=NC)NCc2cccc(CN(CC)CC)c2)ccc1OC. The van der Waals surface area contributed by atoms with Crippen LogP contribution in [0, 0.1) is 0 Å². The van der Waals surface area contributed by atoms with Gasteiger partial charge in [-0.2, -0.15) is 0 Å². The monoisotopic (exact) mass is 398 g/mol. The topological polar surface area (TPSA) is 58.1 Å². The van der Waals surface area contributed by atoms with E-state index >= 15 is 0 Å². The molecule has 0 bridgehead atoms. The minimum Gasteiger partial charge on any atom is -0.493 e. The third-order valence-electron chi connectivity index (χ3n) is 4.70. The standard InChI is InChI=1S/C23H34N4O2/c1-6-27(7-2)17-19-11-9-10-18(14-19)16-25-23(24-4)26-20-12-13-21(28-5)22(15-20)29-8-3/h9-15H,6-8,16-17H2,1-5H3,(H2,24,25,26). The summed E-state index contributed by atoms with van der Waals surface area (Å²) in [5.74, 6) is 2.12. The van der Waals surface area contributed by atoms with Crippen molar-refractivity contribution in [1.29, 1.82) is 0 Å². The van der Waals surface area contributed by atoms with Crippen LogP contribution < -0.4 is 20.1 Å². The second-order valence-electron chi connectivity index (χ2n) is 6.63. The Kier molecular flexibility index (Phi) is 9.31. The molecule has 2 aromatic rings. The minimum absolute atomic E-state index is 0.580. The van der Waals surface area contributed by atoms with E-state index < -0.39 is 0 Å². The lowest BCUT2D eigenvalue weighted by Crippen LogP contribution is -2.30. The number of guanidine groups is 1. The van der Waals surface area contributed by atoms with Gasteiger partial charge in [-0.3, -0.25) is 9.89 Å². The summed E-state index contributed by atoms with van der Waals surface area (Å²) in [4.78, 5) is 6.74. The smallest absolute Gasteiger partial charge is 0.195 e. The van der Waals surface area contributed by atoms with Crippen LogP contribution in [0.25, 0.3) is 0 Å². The maximum atomic E-state index is 5.65. The maximum absolute atomic E-state index is 5.65. The van der Waals surface area contributed by atoms with Gasteiger partial charge in [-0.25, -0.2) is 0 Å². The lowest BCUT2D eigenvalue weighted by atomic mass is 10.1. The Balaban J connectivity index is 2.00. The summed E-state index contributed by atoms with van der Waals surface area (Å²) < 4.78 is 11.0. The van der Waals surface area contributed by atoms with Crippen LogP contribution in [0.15, 0.2) is 47.5 Å². The number of rotatable bonds is 10. The van der Waals surface area contributed by atoms with Crippen LogP contribution in [0.5, 0.6) is 11.5 Å². The second kappa shape index (κ2) is 12.0. The van der Waals surface area contributed by atoms with Gasteiger partial charge in [-0.15, -0.1) is 0 Å². The summed E-state index contributed by atoms with van der Waals surface area (Å²) in [7, 11) is 3.40. The van der Waals surface area contributed by atoms with Crippen molar-refractivity contribution in [2.45, 2.75) is 33.9 Å². The first-order valence-electron chi connectivity index (χ1n) is 10.2. The van der Waals surface area contributed by atoms with Gasteiger partial charge in [0.15, 0.2) is 17.5 Å². The van der Waals surface area contributed by atoms with E-state index in [1.54, 1.807) is 14.2 Å². The molecule has 0 amide bonds. The Morgan fingerprint density at radius 2 is 1.76 bits per heavy atom. The first-order chi connectivity index (χ1) is 14.1. The van der Waals surface area contributed by atoms with E-state index in [4.69, 9.17) is 9.47 Å². The molecule has 0 fully saturated rings. The molecule has 0 radical (unpaired) electrons. The molecular weight excluding hydrogens is 364 g/mol. The van der Waals surface area contributed by atoms with Gasteiger partial charge >= 0.3 is 0 Å². The molecule has 0 unspecified atom stereocenters. The Bertz CT molecular complexity index is 788. The summed E-state index contributed by atoms with van der Waals surface area (Å²) in [6, 6.07) is 14.4. The molecule has 0 aliphatic rings. The van der Waals surface area contributed by atoms with Gasteiger partial charge in [0, 0.05) is 31.9 Å². The van der Waals surface area contributed by atoms with Crippen molar-refractivity contribution in [3.05, 3.63) is 53.6 Å². The zero-order valence-corrected chi connectivity index (χ0v) is 18.3. The van der Waals surface area contributed by atoms with Crippen LogP contribution in [0.1, 0.15) is 31.9 Å². The summed E-state index contributed by atoms with van der Waals surface area (Å²) in [6.07, 6.45) is 0. The lowest BCUT2D eigenvalue weighted by molar-refractivity contribution is 0.296. The molecule has 0 heterocycles. The van der Waals surface area contributed by atoms with E-state index in [2.05, 4.69) is 58.6 Å². The van der Waals surface area contributed by atoms with Crippen molar-refractivity contribution in [3.8, 4) is 11.5 Å². The van der Waals surface area contributed by atoms with Gasteiger partial charge in [0.25, 0.3) is 0 Å². The number of anilines is 1. The van der Waals surface area contributed by atoms with Crippen molar-refractivity contribution < 1.29 is 9.47 Å². The van der Waals surface area contributed by atoms with E-state index in [0.717, 1.165) is 25.3 Å². The quantitative estimate of drug-likeness (QED) is 0.466. The number of benzene rings is 2. The molecule has 0 atom stereocenters. The number of nitrogens with zero attached hydrogens (tertiary/aromatic N) is 2. The minimum atomic E-state index is 0.580.